The molecule has 1 N–H and O–H groups in total. The van der Waals surface area contributed by atoms with Gasteiger partial charge in [-0.1, -0.05) is 12.1 Å². The Morgan fingerprint density at radius 3 is 2.95 bits per heavy atom. The number of halogens is 1. The van der Waals surface area contributed by atoms with Gasteiger partial charge in [-0.2, -0.15) is 0 Å². The van der Waals surface area contributed by atoms with Crippen molar-refractivity contribution in [3.63, 3.8) is 0 Å². The molecule has 2 aromatic heterocycles. The van der Waals surface area contributed by atoms with Gasteiger partial charge in [-0.15, -0.1) is 11.3 Å². The molecule has 1 atom stereocenters. The summed E-state index contributed by atoms with van der Waals surface area (Å²) in [7, 11) is 1.92. The van der Waals surface area contributed by atoms with Crippen molar-refractivity contribution in [2.24, 2.45) is 0 Å². The van der Waals surface area contributed by atoms with Crippen molar-refractivity contribution in [1.29, 1.82) is 0 Å². The Morgan fingerprint density at radius 2 is 2.19 bits per heavy atom. The molecule has 0 bridgehead atoms. The van der Waals surface area contributed by atoms with Crippen LogP contribution in [0.4, 0.5) is 4.39 Å². The Kier molecular flexibility index (Phi) is 3.08. The van der Waals surface area contributed by atoms with Crippen LogP contribution in [0.25, 0.3) is 11.0 Å². The summed E-state index contributed by atoms with van der Waals surface area (Å²) < 4.78 is 19.6. The Bertz CT molecular complexity index is 783. The minimum Gasteiger partial charge on any atom is -0.456 e. The van der Waals surface area contributed by atoms with Gasteiger partial charge in [-0.3, -0.25) is 0 Å². The number of aryl methyl sites for hydroxylation is 2. The number of fused-ring (bicyclic) bond motifs is 2. The van der Waals surface area contributed by atoms with Crippen molar-refractivity contribution >= 4 is 22.3 Å². The molecule has 1 unspecified atom stereocenters. The maximum atomic E-state index is 13.8. The third kappa shape index (κ3) is 2.10. The summed E-state index contributed by atoms with van der Waals surface area (Å²) in [6.45, 7) is 0. The van der Waals surface area contributed by atoms with E-state index in [1.807, 2.05) is 30.5 Å². The van der Waals surface area contributed by atoms with E-state index >= 15 is 0 Å². The zero-order valence-electron chi connectivity index (χ0n) is 11.8. The molecule has 0 radical (unpaired) electrons. The van der Waals surface area contributed by atoms with E-state index in [0.29, 0.717) is 5.58 Å². The Balaban J connectivity index is 1.78. The first-order valence-electron chi connectivity index (χ1n) is 7.23. The first-order chi connectivity index (χ1) is 10.3. The lowest BCUT2D eigenvalue weighted by atomic mass is 10.1. The van der Waals surface area contributed by atoms with Crippen LogP contribution in [0, 0.1) is 5.82 Å². The Hall–Kier alpha value is -1.65. The number of para-hydroxylation sites is 1. The standard InChI is InChI=1S/C17H16FNOS/c1-19-16(15-9-10-4-3-7-14(10)21-15)13-8-11-5-2-6-12(18)17(11)20-13/h2,5-6,8-9,16,19H,3-4,7H2,1H3. The van der Waals surface area contributed by atoms with Crippen molar-refractivity contribution in [2.75, 3.05) is 7.05 Å². The number of hydrogen-bond donors (Lipinski definition) is 1. The van der Waals surface area contributed by atoms with Gasteiger partial charge in [0.1, 0.15) is 11.8 Å². The molecule has 0 amide bonds. The van der Waals surface area contributed by atoms with Crippen LogP contribution in [0.1, 0.15) is 33.5 Å². The van der Waals surface area contributed by atoms with Crippen LogP contribution >= 0.6 is 11.3 Å². The summed E-state index contributed by atoms with van der Waals surface area (Å²) >= 11 is 1.85. The Morgan fingerprint density at radius 1 is 1.29 bits per heavy atom. The molecule has 1 aliphatic rings. The lowest BCUT2D eigenvalue weighted by Gasteiger charge is -2.11. The number of furan rings is 1. The maximum absolute atomic E-state index is 13.8. The van der Waals surface area contributed by atoms with Gasteiger partial charge >= 0.3 is 0 Å². The van der Waals surface area contributed by atoms with Gasteiger partial charge in [0.05, 0.1) is 0 Å². The van der Waals surface area contributed by atoms with Gasteiger partial charge in [0.15, 0.2) is 11.4 Å². The molecule has 108 valence electrons. The van der Waals surface area contributed by atoms with Crippen molar-refractivity contribution in [2.45, 2.75) is 25.3 Å². The average molecular weight is 301 g/mol. The molecular formula is C17H16FNOS. The normalized spacial score (nSPS) is 15.5. The highest BCUT2D eigenvalue weighted by Gasteiger charge is 2.23. The summed E-state index contributed by atoms with van der Waals surface area (Å²) in [6, 6.07) is 9.23. The highest BCUT2D eigenvalue weighted by Crippen LogP contribution is 2.37. The van der Waals surface area contributed by atoms with E-state index in [2.05, 4.69) is 11.4 Å². The van der Waals surface area contributed by atoms with Crippen molar-refractivity contribution in [3.8, 4) is 0 Å². The number of hydrogen-bond acceptors (Lipinski definition) is 3. The molecule has 4 heteroatoms. The zero-order valence-corrected chi connectivity index (χ0v) is 12.6. The number of rotatable bonds is 3. The first kappa shape index (κ1) is 13.0. The molecule has 0 fully saturated rings. The van der Waals surface area contributed by atoms with Gasteiger partial charge in [0.25, 0.3) is 0 Å². The molecule has 0 saturated heterocycles. The lowest BCUT2D eigenvalue weighted by Crippen LogP contribution is -2.15. The molecule has 3 aromatic rings. The van der Waals surface area contributed by atoms with Crippen LogP contribution in [0.5, 0.6) is 0 Å². The Labute approximate surface area is 126 Å². The van der Waals surface area contributed by atoms with Crippen LogP contribution < -0.4 is 5.32 Å². The third-order valence-corrected chi connectivity index (χ3v) is 5.44. The molecule has 2 nitrogen and oxygen atoms in total. The smallest absolute Gasteiger partial charge is 0.169 e. The van der Waals surface area contributed by atoms with E-state index in [-0.39, 0.29) is 11.9 Å². The quantitative estimate of drug-likeness (QED) is 0.774. The lowest BCUT2D eigenvalue weighted by molar-refractivity contribution is 0.479. The average Bonchev–Trinajstić information content (AvgIpc) is 3.13. The number of nitrogens with one attached hydrogen (secondary N) is 1. The van der Waals surface area contributed by atoms with E-state index in [9.17, 15) is 4.39 Å². The van der Waals surface area contributed by atoms with E-state index in [0.717, 1.165) is 11.1 Å². The van der Waals surface area contributed by atoms with E-state index < -0.39 is 0 Å². The van der Waals surface area contributed by atoms with Gasteiger partial charge in [0, 0.05) is 15.1 Å². The zero-order chi connectivity index (χ0) is 14.4. The summed E-state index contributed by atoms with van der Waals surface area (Å²) in [5.41, 5.74) is 1.81. The molecule has 1 aromatic carbocycles. The van der Waals surface area contributed by atoms with Gasteiger partial charge in [-0.25, -0.2) is 4.39 Å². The molecule has 0 aliphatic heterocycles. The summed E-state index contributed by atoms with van der Waals surface area (Å²) in [4.78, 5) is 2.74. The largest absolute Gasteiger partial charge is 0.456 e. The van der Waals surface area contributed by atoms with Gasteiger partial charge in [0.2, 0.25) is 0 Å². The van der Waals surface area contributed by atoms with Crippen LogP contribution in [0.15, 0.2) is 34.7 Å². The van der Waals surface area contributed by atoms with Crippen LogP contribution in [0.3, 0.4) is 0 Å². The highest BCUT2D eigenvalue weighted by molar-refractivity contribution is 7.12. The van der Waals surface area contributed by atoms with Crippen molar-refractivity contribution < 1.29 is 8.81 Å². The molecule has 4 rings (SSSR count). The van der Waals surface area contributed by atoms with Gasteiger partial charge < -0.3 is 9.73 Å². The van der Waals surface area contributed by atoms with Crippen LogP contribution in [0.2, 0.25) is 0 Å². The summed E-state index contributed by atoms with van der Waals surface area (Å²) in [5, 5.41) is 4.11. The fourth-order valence-electron chi connectivity index (χ4n) is 3.11. The number of thiophene rings is 1. The van der Waals surface area contributed by atoms with Crippen LogP contribution in [-0.4, -0.2) is 7.05 Å². The fraction of sp³-hybridized carbons (Fsp3) is 0.294. The second kappa shape index (κ2) is 4.97. The predicted molar refractivity (Wildman–Crippen MR) is 83.4 cm³/mol. The summed E-state index contributed by atoms with van der Waals surface area (Å²) in [6.07, 6.45) is 3.63. The highest BCUT2D eigenvalue weighted by atomic mass is 32.1. The SMILES string of the molecule is CNC(c1cc2cccc(F)c2o1)c1cc2c(s1)CCC2. The predicted octanol–water partition coefficient (Wildman–Crippen LogP) is 4.43. The number of benzene rings is 1. The molecular weight excluding hydrogens is 285 g/mol. The van der Waals surface area contributed by atoms with Crippen molar-refractivity contribution in [3.05, 3.63) is 57.2 Å². The van der Waals surface area contributed by atoms with Crippen LogP contribution in [-0.2, 0) is 12.8 Å². The topological polar surface area (TPSA) is 25.2 Å². The molecule has 21 heavy (non-hydrogen) atoms. The third-order valence-electron chi connectivity index (χ3n) is 4.14. The fourth-order valence-corrected chi connectivity index (χ4v) is 4.48. The van der Waals surface area contributed by atoms with E-state index in [4.69, 9.17) is 4.42 Å². The van der Waals surface area contributed by atoms with E-state index in [1.54, 1.807) is 6.07 Å². The molecule has 1 aliphatic carbocycles. The second-order valence-electron chi connectivity index (χ2n) is 5.48. The first-order valence-corrected chi connectivity index (χ1v) is 8.04. The minimum atomic E-state index is -0.303. The monoisotopic (exact) mass is 301 g/mol. The molecule has 0 spiro atoms. The maximum Gasteiger partial charge on any atom is 0.169 e. The molecule has 0 saturated carbocycles. The van der Waals surface area contributed by atoms with E-state index in [1.165, 1.54) is 40.6 Å². The minimum absolute atomic E-state index is 0.00704. The van der Waals surface area contributed by atoms with Gasteiger partial charge in [-0.05, 0) is 50.1 Å². The van der Waals surface area contributed by atoms with Crippen molar-refractivity contribution in [1.82, 2.24) is 5.32 Å². The second-order valence-corrected chi connectivity index (χ2v) is 6.65. The summed E-state index contributed by atoms with van der Waals surface area (Å²) in [5.74, 6) is 0.472. The molecule has 2 heterocycles.